The van der Waals surface area contributed by atoms with Gasteiger partial charge in [0.15, 0.2) is 5.82 Å². The van der Waals surface area contributed by atoms with Gasteiger partial charge in [-0.15, -0.1) is 10.2 Å². The number of nitrogens with one attached hydrogen (secondary N) is 1. The van der Waals surface area contributed by atoms with E-state index in [1.165, 1.54) is 18.2 Å². The van der Waals surface area contributed by atoms with Crippen LogP contribution in [-0.4, -0.2) is 28.4 Å². The van der Waals surface area contributed by atoms with Crippen LogP contribution in [0.3, 0.4) is 0 Å². The Kier molecular flexibility index (Phi) is 5.87. The van der Waals surface area contributed by atoms with Gasteiger partial charge in [0.2, 0.25) is 15.9 Å². The van der Waals surface area contributed by atoms with Crippen molar-refractivity contribution in [2.24, 2.45) is 0 Å². The molecule has 4 rings (SSSR count). The number of aromatic nitrogens is 4. The highest BCUT2D eigenvalue weighted by Crippen LogP contribution is 2.23. The average molecular weight is 453 g/mol. The van der Waals surface area contributed by atoms with Crippen molar-refractivity contribution in [2.75, 3.05) is 4.72 Å². The maximum absolute atomic E-state index is 13.7. The second kappa shape index (κ2) is 8.75. The molecule has 0 aliphatic carbocycles. The Morgan fingerprint density at radius 2 is 1.75 bits per heavy atom. The molecular formula is C22H20FN5O3S. The van der Waals surface area contributed by atoms with E-state index in [-0.39, 0.29) is 11.4 Å². The minimum Gasteiger partial charge on any atom is -0.438 e. The molecule has 8 nitrogen and oxygen atoms in total. The van der Waals surface area contributed by atoms with E-state index < -0.39 is 21.6 Å². The molecule has 0 saturated heterocycles. The molecule has 0 saturated carbocycles. The van der Waals surface area contributed by atoms with E-state index in [1.54, 1.807) is 47.1 Å². The fraction of sp³-hybridized carbons (Fsp3) is 0.136. The molecule has 4 aromatic rings. The van der Waals surface area contributed by atoms with E-state index in [0.29, 0.717) is 17.3 Å². The Morgan fingerprint density at radius 1 is 1.00 bits per heavy atom. The number of rotatable bonds is 7. The first-order chi connectivity index (χ1) is 15.3. The number of ether oxygens (including phenoxy) is 1. The average Bonchev–Trinajstić information content (AvgIpc) is 3.09. The molecule has 10 heteroatoms. The maximum Gasteiger partial charge on any atom is 0.238 e. The van der Waals surface area contributed by atoms with Gasteiger partial charge < -0.3 is 4.74 Å². The molecule has 0 unspecified atom stereocenters. The summed E-state index contributed by atoms with van der Waals surface area (Å²) < 4.78 is 48.2. The van der Waals surface area contributed by atoms with Crippen LogP contribution in [0.1, 0.15) is 17.0 Å². The van der Waals surface area contributed by atoms with Crippen LogP contribution in [0.15, 0.2) is 66.7 Å². The van der Waals surface area contributed by atoms with Crippen LogP contribution in [0.25, 0.3) is 5.82 Å². The first-order valence-electron chi connectivity index (χ1n) is 9.68. The van der Waals surface area contributed by atoms with Gasteiger partial charge in [0.25, 0.3) is 0 Å². The summed E-state index contributed by atoms with van der Waals surface area (Å²) in [6.45, 7) is 3.83. The fourth-order valence-electron chi connectivity index (χ4n) is 3.09. The zero-order valence-electron chi connectivity index (χ0n) is 17.4. The molecule has 164 valence electrons. The summed E-state index contributed by atoms with van der Waals surface area (Å²) in [6.07, 6.45) is 0. The van der Waals surface area contributed by atoms with Crippen LogP contribution in [0.4, 0.5) is 10.1 Å². The molecule has 1 N–H and O–H groups in total. The van der Waals surface area contributed by atoms with Crippen molar-refractivity contribution >= 4 is 15.7 Å². The number of anilines is 1. The van der Waals surface area contributed by atoms with Crippen LogP contribution >= 0.6 is 0 Å². The normalized spacial score (nSPS) is 11.3. The molecule has 0 atom stereocenters. The quantitative estimate of drug-likeness (QED) is 0.451. The number of hydrogen-bond acceptors (Lipinski definition) is 6. The molecule has 0 amide bonds. The topological polar surface area (TPSA) is 99.0 Å². The van der Waals surface area contributed by atoms with E-state index in [4.69, 9.17) is 4.74 Å². The first kappa shape index (κ1) is 21.4. The predicted molar refractivity (Wildman–Crippen MR) is 118 cm³/mol. The molecule has 0 spiro atoms. The largest absolute Gasteiger partial charge is 0.438 e. The molecule has 0 aliphatic heterocycles. The molecule has 2 aromatic carbocycles. The van der Waals surface area contributed by atoms with E-state index in [9.17, 15) is 12.8 Å². The summed E-state index contributed by atoms with van der Waals surface area (Å²) >= 11 is 0. The third-order valence-corrected chi connectivity index (χ3v) is 5.74. The lowest BCUT2D eigenvalue weighted by Crippen LogP contribution is -2.15. The Hall–Kier alpha value is -3.79. The SMILES string of the molecule is Cc1cc(C)n(-c2ccc(Oc3ccc(NS(=O)(=O)Cc4ccccc4F)cc3)nn2)n1. The van der Waals surface area contributed by atoms with E-state index >= 15 is 0 Å². The summed E-state index contributed by atoms with van der Waals surface area (Å²) in [5.41, 5.74) is 2.26. The zero-order chi connectivity index (χ0) is 22.7. The van der Waals surface area contributed by atoms with Gasteiger partial charge in [0.1, 0.15) is 11.6 Å². The van der Waals surface area contributed by atoms with Crippen molar-refractivity contribution in [3.8, 4) is 17.4 Å². The van der Waals surface area contributed by atoms with Crippen LogP contribution in [0, 0.1) is 19.7 Å². The molecule has 0 aliphatic rings. The Balaban J connectivity index is 1.40. The van der Waals surface area contributed by atoms with Crippen molar-refractivity contribution in [3.63, 3.8) is 0 Å². The lowest BCUT2D eigenvalue weighted by molar-refractivity contribution is 0.454. The Morgan fingerprint density at radius 3 is 2.38 bits per heavy atom. The smallest absolute Gasteiger partial charge is 0.238 e. The number of benzene rings is 2. The van der Waals surface area contributed by atoms with Crippen molar-refractivity contribution < 1.29 is 17.5 Å². The highest BCUT2D eigenvalue weighted by molar-refractivity contribution is 7.91. The van der Waals surface area contributed by atoms with Gasteiger partial charge in [0, 0.05) is 23.0 Å². The number of halogens is 1. The summed E-state index contributed by atoms with van der Waals surface area (Å²) in [4.78, 5) is 0. The molecule has 0 radical (unpaired) electrons. The third kappa shape index (κ3) is 5.09. The lowest BCUT2D eigenvalue weighted by atomic mass is 10.2. The minimum absolute atomic E-state index is 0.0995. The van der Waals surface area contributed by atoms with Gasteiger partial charge in [0.05, 0.1) is 11.4 Å². The van der Waals surface area contributed by atoms with E-state index in [2.05, 4.69) is 20.0 Å². The molecule has 0 bridgehead atoms. The van der Waals surface area contributed by atoms with Crippen molar-refractivity contribution in [1.82, 2.24) is 20.0 Å². The first-order valence-corrected chi connectivity index (χ1v) is 11.3. The standard InChI is InChI=1S/C22H20FN5O3S/c1-15-13-16(2)28(26-15)21-11-12-22(25-24-21)31-19-9-7-18(8-10-19)27-32(29,30)14-17-5-3-4-6-20(17)23/h3-13,27H,14H2,1-2H3. The summed E-state index contributed by atoms with van der Waals surface area (Å²) in [5.74, 6) is 0.280. The third-order valence-electron chi connectivity index (χ3n) is 4.51. The van der Waals surface area contributed by atoms with E-state index in [1.807, 2.05) is 19.9 Å². The highest BCUT2D eigenvalue weighted by atomic mass is 32.2. The number of nitrogens with zero attached hydrogens (tertiary/aromatic N) is 4. The lowest BCUT2D eigenvalue weighted by Gasteiger charge is -2.10. The van der Waals surface area contributed by atoms with Gasteiger partial charge >= 0.3 is 0 Å². The van der Waals surface area contributed by atoms with Crippen LogP contribution in [0.5, 0.6) is 11.6 Å². The zero-order valence-corrected chi connectivity index (χ0v) is 18.2. The van der Waals surface area contributed by atoms with Gasteiger partial charge in [-0.1, -0.05) is 18.2 Å². The monoisotopic (exact) mass is 453 g/mol. The van der Waals surface area contributed by atoms with Crippen molar-refractivity contribution in [2.45, 2.75) is 19.6 Å². The summed E-state index contributed by atoms with van der Waals surface area (Å²) in [5, 5.41) is 12.6. The molecule has 32 heavy (non-hydrogen) atoms. The van der Waals surface area contributed by atoms with Gasteiger partial charge in [-0.25, -0.2) is 17.5 Å². The van der Waals surface area contributed by atoms with E-state index in [0.717, 1.165) is 11.4 Å². The van der Waals surface area contributed by atoms with Crippen LogP contribution in [-0.2, 0) is 15.8 Å². The van der Waals surface area contributed by atoms with Gasteiger partial charge in [-0.3, -0.25) is 4.72 Å². The molecular weight excluding hydrogens is 433 g/mol. The van der Waals surface area contributed by atoms with Crippen LogP contribution in [0.2, 0.25) is 0 Å². The van der Waals surface area contributed by atoms with Gasteiger partial charge in [-0.2, -0.15) is 5.10 Å². The molecule has 2 aromatic heterocycles. The Bertz CT molecular complexity index is 1340. The molecule has 0 fully saturated rings. The van der Waals surface area contributed by atoms with Crippen molar-refractivity contribution in [1.29, 1.82) is 0 Å². The highest BCUT2D eigenvalue weighted by Gasteiger charge is 2.15. The Labute approximate surface area is 184 Å². The second-order valence-corrected chi connectivity index (χ2v) is 8.87. The van der Waals surface area contributed by atoms with Gasteiger partial charge in [-0.05, 0) is 56.3 Å². The van der Waals surface area contributed by atoms with Crippen LogP contribution < -0.4 is 9.46 Å². The summed E-state index contributed by atoms with van der Waals surface area (Å²) in [6, 6.07) is 17.4. The number of aryl methyl sites for hydroxylation is 2. The van der Waals surface area contributed by atoms with Crippen molar-refractivity contribution in [3.05, 3.63) is 89.5 Å². The fourth-order valence-corrected chi connectivity index (χ4v) is 4.30. The maximum atomic E-state index is 13.7. The summed E-state index contributed by atoms with van der Waals surface area (Å²) in [7, 11) is -3.78. The number of hydrogen-bond donors (Lipinski definition) is 1. The molecule has 2 heterocycles. The second-order valence-electron chi connectivity index (χ2n) is 7.15. The minimum atomic E-state index is -3.78. The predicted octanol–water partition coefficient (Wildman–Crippen LogP) is 4.15. The number of sulfonamides is 1.